The maximum absolute atomic E-state index is 13.2. The summed E-state index contributed by atoms with van der Waals surface area (Å²) in [5, 5.41) is 9.98. The summed E-state index contributed by atoms with van der Waals surface area (Å²) in [5.41, 5.74) is 1.35. The molecule has 1 saturated heterocycles. The summed E-state index contributed by atoms with van der Waals surface area (Å²) < 4.78 is 78.9. The van der Waals surface area contributed by atoms with Crippen molar-refractivity contribution in [3.8, 4) is 11.1 Å². The van der Waals surface area contributed by atoms with E-state index >= 15 is 0 Å². The largest absolute Gasteiger partial charge is 0.481 e. The van der Waals surface area contributed by atoms with Gasteiger partial charge in [0, 0.05) is 37.6 Å². The molecule has 1 unspecified atom stereocenters. The highest BCUT2D eigenvalue weighted by Crippen LogP contribution is 2.36. The Labute approximate surface area is 228 Å². The number of aliphatic carboxylic acids is 1. The fourth-order valence-electron chi connectivity index (χ4n) is 4.99. The summed E-state index contributed by atoms with van der Waals surface area (Å²) in [5.74, 6) is -1.70. The van der Waals surface area contributed by atoms with Crippen molar-refractivity contribution in [1.29, 1.82) is 0 Å². The fourth-order valence-corrected chi connectivity index (χ4v) is 4.99. The van der Waals surface area contributed by atoms with Crippen LogP contribution >= 0.6 is 0 Å². The number of carboxylic acids is 1. The summed E-state index contributed by atoms with van der Waals surface area (Å²) in [4.78, 5) is 16.1. The lowest BCUT2D eigenvalue weighted by Gasteiger charge is -2.38. The van der Waals surface area contributed by atoms with Crippen LogP contribution < -0.4 is 9.80 Å². The van der Waals surface area contributed by atoms with Crippen molar-refractivity contribution in [3.63, 3.8) is 0 Å². The summed E-state index contributed by atoms with van der Waals surface area (Å²) in [6.45, 7) is 5.65. The minimum atomic E-state index is -4.48. The second-order valence-electron chi connectivity index (χ2n) is 10.4. The molecule has 3 aromatic carbocycles. The smallest absolute Gasteiger partial charge is 0.416 e. The molecule has 0 aromatic heterocycles. The average Bonchev–Trinajstić information content (AvgIpc) is 2.90. The quantitative estimate of drug-likeness (QED) is 0.296. The third-order valence-corrected chi connectivity index (χ3v) is 7.08. The van der Waals surface area contributed by atoms with Gasteiger partial charge in [-0.15, -0.1) is 0 Å². The number of benzene rings is 3. The molecule has 4 nitrogen and oxygen atoms in total. The number of halogens is 6. The van der Waals surface area contributed by atoms with Crippen LogP contribution in [0.4, 0.5) is 37.7 Å². The van der Waals surface area contributed by atoms with Crippen molar-refractivity contribution < 1.29 is 36.2 Å². The van der Waals surface area contributed by atoms with E-state index in [4.69, 9.17) is 0 Å². The van der Waals surface area contributed by atoms with E-state index in [2.05, 4.69) is 0 Å². The Bertz CT molecular complexity index is 1330. The predicted molar refractivity (Wildman–Crippen MR) is 143 cm³/mol. The first-order chi connectivity index (χ1) is 18.7. The van der Waals surface area contributed by atoms with Gasteiger partial charge in [0.05, 0.1) is 17.0 Å². The van der Waals surface area contributed by atoms with Crippen molar-refractivity contribution in [3.05, 3.63) is 83.4 Å². The number of rotatable bonds is 7. The molecule has 10 heteroatoms. The molecule has 0 saturated carbocycles. The summed E-state index contributed by atoms with van der Waals surface area (Å²) in [6, 6.07) is 15.2. The van der Waals surface area contributed by atoms with Crippen LogP contribution in [0.2, 0.25) is 0 Å². The van der Waals surface area contributed by atoms with Crippen molar-refractivity contribution in [2.24, 2.45) is 5.92 Å². The molecule has 0 radical (unpaired) electrons. The number of carboxylic acid groups (broad SMARTS) is 1. The third kappa shape index (κ3) is 6.89. The molecule has 1 aliphatic rings. The van der Waals surface area contributed by atoms with Gasteiger partial charge in [0.1, 0.15) is 0 Å². The Morgan fingerprint density at radius 3 is 1.85 bits per heavy atom. The zero-order valence-electron chi connectivity index (χ0n) is 22.1. The van der Waals surface area contributed by atoms with Gasteiger partial charge < -0.3 is 14.9 Å². The molecule has 0 amide bonds. The van der Waals surface area contributed by atoms with Gasteiger partial charge in [0.2, 0.25) is 0 Å². The second-order valence-corrected chi connectivity index (χ2v) is 10.4. The van der Waals surface area contributed by atoms with Gasteiger partial charge in [0.15, 0.2) is 0 Å². The zero-order chi connectivity index (χ0) is 29.2. The van der Waals surface area contributed by atoms with Gasteiger partial charge in [-0.3, -0.25) is 4.79 Å². The van der Waals surface area contributed by atoms with Crippen LogP contribution in [0.15, 0.2) is 66.7 Å². The summed E-state index contributed by atoms with van der Waals surface area (Å²) in [7, 11) is 0. The number of anilines is 2. The van der Waals surface area contributed by atoms with E-state index in [0.717, 1.165) is 24.3 Å². The zero-order valence-corrected chi connectivity index (χ0v) is 22.1. The Morgan fingerprint density at radius 1 is 0.750 bits per heavy atom. The maximum Gasteiger partial charge on any atom is 0.416 e. The van der Waals surface area contributed by atoms with Crippen LogP contribution in [-0.4, -0.2) is 37.3 Å². The minimum Gasteiger partial charge on any atom is -0.481 e. The van der Waals surface area contributed by atoms with Crippen LogP contribution in [0.5, 0.6) is 0 Å². The lowest BCUT2D eigenvalue weighted by molar-refractivity contribution is -0.139. The van der Waals surface area contributed by atoms with E-state index in [-0.39, 0.29) is 5.92 Å². The monoisotopic (exact) mass is 564 g/mol. The fraction of sp³-hybridized carbons (Fsp3) is 0.367. The normalized spacial score (nSPS) is 15.4. The van der Waals surface area contributed by atoms with E-state index in [1.165, 1.54) is 18.2 Å². The minimum absolute atomic E-state index is 0.0929. The Balaban J connectivity index is 1.65. The highest BCUT2D eigenvalue weighted by Gasteiger charge is 2.32. The molecule has 0 aliphatic carbocycles. The van der Waals surface area contributed by atoms with Gasteiger partial charge in [-0.25, -0.2) is 0 Å². The Hall–Kier alpha value is -3.69. The molecule has 214 valence electrons. The molecular formula is C30H30F6N2O2. The number of nitrogens with zero attached hydrogens (tertiary/aromatic N) is 2. The van der Waals surface area contributed by atoms with Gasteiger partial charge in [-0.05, 0) is 71.5 Å². The van der Waals surface area contributed by atoms with E-state index in [9.17, 15) is 36.2 Å². The topological polar surface area (TPSA) is 43.8 Å². The van der Waals surface area contributed by atoms with Crippen molar-refractivity contribution in [2.75, 3.05) is 36.0 Å². The van der Waals surface area contributed by atoms with Gasteiger partial charge >= 0.3 is 18.3 Å². The first-order valence-corrected chi connectivity index (χ1v) is 12.9. The van der Waals surface area contributed by atoms with Crippen molar-refractivity contribution >= 4 is 17.3 Å². The van der Waals surface area contributed by atoms with Gasteiger partial charge in [0.25, 0.3) is 0 Å². The lowest BCUT2D eigenvalue weighted by Crippen LogP contribution is -2.46. The first-order valence-electron chi connectivity index (χ1n) is 12.9. The number of hydrogen-bond acceptors (Lipinski definition) is 3. The highest BCUT2D eigenvalue weighted by atomic mass is 19.4. The predicted octanol–water partition coefficient (Wildman–Crippen LogP) is 7.93. The average molecular weight is 565 g/mol. The first kappa shape index (κ1) is 29.3. The molecule has 0 bridgehead atoms. The molecule has 40 heavy (non-hydrogen) atoms. The number of alkyl halides is 6. The van der Waals surface area contributed by atoms with E-state index in [1.807, 2.05) is 29.7 Å². The number of carbonyl (C=O) groups is 1. The molecule has 3 aromatic rings. The van der Waals surface area contributed by atoms with Crippen LogP contribution in [-0.2, 0) is 17.1 Å². The summed E-state index contributed by atoms with van der Waals surface area (Å²) in [6.07, 6.45) is -8.53. The van der Waals surface area contributed by atoms with Gasteiger partial charge in [-0.2, -0.15) is 26.3 Å². The Kier molecular flexibility index (Phi) is 8.37. The SMILES string of the molecule is CC(C)CC(C(=O)O)c1cc(-c2ccc(C(F)(F)F)cc2)cc(N2CCN(c3cccc(C(F)(F)F)c3)CC2)c1. The highest BCUT2D eigenvalue weighted by molar-refractivity contribution is 5.79. The molecule has 1 heterocycles. The lowest BCUT2D eigenvalue weighted by atomic mass is 9.88. The van der Waals surface area contributed by atoms with Crippen LogP contribution in [0.25, 0.3) is 11.1 Å². The summed E-state index contributed by atoms with van der Waals surface area (Å²) >= 11 is 0. The molecule has 1 N–H and O–H groups in total. The van der Waals surface area contributed by atoms with Crippen molar-refractivity contribution in [2.45, 2.75) is 38.5 Å². The van der Waals surface area contributed by atoms with E-state index in [0.29, 0.717) is 60.7 Å². The molecule has 4 rings (SSSR count). The second kappa shape index (κ2) is 11.4. The Morgan fingerprint density at radius 2 is 1.32 bits per heavy atom. The molecule has 1 fully saturated rings. The van der Waals surface area contributed by atoms with Crippen LogP contribution in [0.1, 0.15) is 42.9 Å². The van der Waals surface area contributed by atoms with Crippen molar-refractivity contribution in [1.82, 2.24) is 0 Å². The standard InChI is InChI=1S/C30H30F6N2O2/c1-19(2)14-27(28(39)40)22-15-21(20-6-8-23(9-7-20)29(31,32)33)16-26(17-22)38-12-10-37(11-13-38)25-5-3-4-24(18-25)30(34,35)36/h3-9,15-19,27H,10-14H2,1-2H3,(H,39,40). The third-order valence-electron chi connectivity index (χ3n) is 7.08. The molecule has 1 atom stereocenters. The molecular weight excluding hydrogens is 534 g/mol. The number of piperazine rings is 1. The molecule has 1 aliphatic heterocycles. The van der Waals surface area contributed by atoms with E-state index < -0.39 is 35.4 Å². The van der Waals surface area contributed by atoms with Crippen LogP contribution in [0.3, 0.4) is 0 Å². The molecule has 0 spiro atoms. The van der Waals surface area contributed by atoms with Crippen LogP contribution in [0, 0.1) is 5.92 Å². The van der Waals surface area contributed by atoms with Gasteiger partial charge in [-0.1, -0.05) is 38.1 Å². The number of hydrogen-bond donors (Lipinski definition) is 1. The maximum atomic E-state index is 13.2. The van der Waals surface area contributed by atoms with E-state index in [1.54, 1.807) is 18.2 Å².